The Bertz CT molecular complexity index is 342. The van der Waals surface area contributed by atoms with E-state index in [4.69, 9.17) is 10.5 Å². The predicted molar refractivity (Wildman–Crippen MR) is 85.0 cm³/mol. The van der Waals surface area contributed by atoms with Crippen molar-refractivity contribution in [1.82, 2.24) is 4.90 Å². The quantitative estimate of drug-likeness (QED) is 0.734. The van der Waals surface area contributed by atoms with Crippen molar-refractivity contribution >= 4 is 5.97 Å². The van der Waals surface area contributed by atoms with Gasteiger partial charge in [0.1, 0.15) is 5.54 Å². The number of hydrogen-bond acceptors (Lipinski definition) is 4. The zero-order chi connectivity index (χ0) is 15.3. The van der Waals surface area contributed by atoms with Crippen LogP contribution in [0.4, 0.5) is 0 Å². The van der Waals surface area contributed by atoms with Gasteiger partial charge in [-0.15, -0.1) is 0 Å². The molecular weight excluding hydrogens is 264 g/mol. The fraction of sp³-hybridized carbons (Fsp3) is 0.941. The van der Waals surface area contributed by atoms with Crippen molar-refractivity contribution in [3.63, 3.8) is 0 Å². The molecule has 2 atom stereocenters. The molecule has 0 heterocycles. The highest BCUT2D eigenvalue weighted by Crippen LogP contribution is 2.37. The van der Waals surface area contributed by atoms with Gasteiger partial charge in [-0.1, -0.05) is 19.3 Å². The number of esters is 1. The Hall–Kier alpha value is -0.610. The van der Waals surface area contributed by atoms with Crippen LogP contribution in [0.3, 0.4) is 0 Å². The summed E-state index contributed by atoms with van der Waals surface area (Å²) in [4.78, 5) is 14.6. The number of rotatable bonds is 7. The maximum Gasteiger partial charge on any atom is 0.326 e. The Labute approximate surface area is 129 Å². The van der Waals surface area contributed by atoms with Crippen LogP contribution in [0.5, 0.6) is 0 Å². The molecule has 0 saturated heterocycles. The minimum absolute atomic E-state index is 0.189. The number of hydrogen-bond donors (Lipinski definition) is 1. The molecule has 2 aliphatic rings. The lowest BCUT2D eigenvalue weighted by Gasteiger charge is -2.30. The molecule has 0 aromatic heterocycles. The Balaban J connectivity index is 1.79. The second kappa shape index (κ2) is 7.59. The van der Waals surface area contributed by atoms with Gasteiger partial charge in [0.15, 0.2) is 0 Å². The van der Waals surface area contributed by atoms with Gasteiger partial charge in [-0.2, -0.15) is 0 Å². The first-order chi connectivity index (χ1) is 10.1. The van der Waals surface area contributed by atoms with Crippen molar-refractivity contribution in [1.29, 1.82) is 0 Å². The molecule has 122 valence electrons. The van der Waals surface area contributed by atoms with Crippen molar-refractivity contribution in [2.75, 3.05) is 26.7 Å². The molecule has 0 amide bonds. The van der Waals surface area contributed by atoms with E-state index in [0.29, 0.717) is 6.61 Å². The maximum absolute atomic E-state index is 12.1. The Morgan fingerprint density at radius 2 is 2.00 bits per heavy atom. The number of ether oxygens (including phenoxy) is 1. The van der Waals surface area contributed by atoms with E-state index < -0.39 is 5.54 Å². The van der Waals surface area contributed by atoms with E-state index in [0.717, 1.165) is 38.1 Å². The highest BCUT2D eigenvalue weighted by molar-refractivity contribution is 5.81. The molecule has 4 heteroatoms. The molecule has 0 aromatic rings. The summed E-state index contributed by atoms with van der Waals surface area (Å²) in [6, 6.07) is 0. The SMILES string of the molecule is CCOC(=O)C1(N)CCCC1CCN(C)CC1CCCC1. The first kappa shape index (κ1) is 16.8. The van der Waals surface area contributed by atoms with E-state index in [-0.39, 0.29) is 11.9 Å². The van der Waals surface area contributed by atoms with Crippen molar-refractivity contribution in [3.8, 4) is 0 Å². The highest BCUT2D eigenvalue weighted by atomic mass is 16.5. The van der Waals surface area contributed by atoms with Crippen LogP contribution in [0.15, 0.2) is 0 Å². The normalized spacial score (nSPS) is 30.2. The average molecular weight is 296 g/mol. The average Bonchev–Trinajstić information content (AvgIpc) is 3.07. The molecule has 21 heavy (non-hydrogen) atoms. The van der Waals surface area contributed by atoms with Crippen LogP contribution in [0.25, 0.3) is 0 Å². The summed E-state index contributed by atoms with van der Waals surface area (Å²) in [5.74, 6) is 0.972. The monoisotopic (exact) mass is 296 g/mol. The van der Waals surface area contributed by atoms with Crippen molar-refractivity contribution < 1.29 is 9.53 Å². The van der Waals surface area contributed by atoms with Crippen LogP contribution in [0, 0.1) is 11.8 Å². The third kappa shape index (κ3) is 4.19. The lowest BCUT2D eigenvalue weighted by molar-refractivity contribution is -0.151. The van der Waals surface area contributed by atoms with E-state index in [9.17, 15) is 4.79 Å². The molecule has 2 N–H and O–H groups in total. The molecule has 2 unspecified atom stereocenters. The number of nitrogens with two attached hydrogens (primary N) is 1. The zero-order valence-electron chi connectivity index (χ0n) is 13.8. The molecule has 0 aliphatic heterocycles. The molecule has 2 rings (SSSR count). The summed E-state index contributed by atoms with van der Waals surface area (Å²) in [5.41, 5.74) is 5.66. The van der Waals surface area contributed by atoms with Gasteiger partial charge in [0, 0.05) is 6.54 Å². The van der Waals surface area contributed by atoms with Crippen LogP contribution >= 0.6 is 0 Å². The van der Waals surface area contributed by atoms with Crippen LogP contribution in [-0.4, -0.2) is 43.2 Å². The minimum atomic E-state index is -0.732. The maximum atomic E-state index is 12.1. The Morgan fingerprint density at radius 1 is 1.29 bits per heavy atom. The second-order valence-corrected chi connectivity index (χ2v) is 7.05. The fourth-order valence-electron chi connectivity index (χ4n) is 4.14. The lowest BCUT2D eigenvalue weighted by Crippen LogP contribution is -2.52. The second-order valence-electron chi connectivity index (χ2n) is 7.05. The molecule has 2 saturated carbocycles. The molecule has 0 radical (unpaired) electrons. The van der Waals surface area contributed by atoms with E-state index in [1.54, 1.807) is 0 Å². The van der Waals surface area contributed by atoms with Crippen molar-refractivity contribution in [3.05, 3.63) is 0 Å². The van der Waals surface area contributed by atoms with Gasteiger partial charge in [0.05, 0.1) is 6.61 Å². The van der Waals surface area contributed by atoms with E-state index in [2.05, 4.69) is 11.9 Å². The molecule has 0 spiro atoms. The molecule has 2 aliphatic carbocycles. The lowest BCUT2D eigenvalue weighted by atomic mass is 9.85. The van der Waals surface area contributed by atoms with Gasteiger partial charge < -0.3 is 15.4 Å². The van der Waals surface area contributed by atoms with E-state index in [1.807, 2.05) is 6.92 Å². The topological polar surface area (TPSA) is 55.6 Å². The van der Waals surface area contributed by atoms with Crippen molar-refractivity contribution in [2.24, 2.45) is 17.6 Å². The summed E-state index contributed by atoms with van der Waals surface area (Å²) < 4.78 is 5.20. The minimum Gasteiger partial charge on any atom is -0.465 e. The first-order valence-corrected chi connectivity index (χ1v) is 8.71. The number of carbonyl (C=O) groups is 1. The Kier molecular flexibility index (Phi) is 6.06. The van der Waals surface area contributed by atoms with E-state index in [1.165, 1.54) is 32.2 Å². The largest absolute Gasteiger partial charge is 0.465 e. The van der Waals surface area contributed by atoms with Crippen molar-refractivity contribution in [2.45, 2.75) is 63.8 Å². The fourth-order valence-corrected chi connectivity index (χ4v) is 4.14. The van der Waals surface area contributed by atoms with Gasteiger partial charge in [-0.3, -0.25) is 4.79 Å². The molecule has 0 aromatic carbocycles. The predicted octanol–water partition coefficient (Wildman–Crippen LogP) is 2.56. The number of nitrogens with zero attached hydrogens (tertiary/aromatic N) is 1. The molecule has 0 bridgehead atoms. The van der Waals surface area contributed by atoms with Crippen LogP contribution in [0.1, 0.15) is 58.3 Å². The van der Waals surface area contributed by atoms with Gasteiger partial charge in [-0.05, 0) is 64.5 Å². The summed E-state index contributed by atoms with van der Waals surface area (Å²) in [5, 5.41) is 0. The van der Waals surface area contributed by atoms with Gasteiger partial charge in [0.2, 0.25) is 0 Å². The molecular formula is C17H32N2O2. The first-order valence-electron chi connectivity index (χ1n) is 8.71. The summed E-state index contributed by atoms with van der Waals surface area (Å²) in [6.45, 7) is 4.51. The van der Waals surface area contributed by atoms with Crippen LogP contribution < -0.4 is 5.73 Å². The smallest absolute Gasteiger partial charge is 0.326 e. The number of carbonyl (C=O) groups excluding carboxylic acids is 1. The third-order valence-corrected chi connectivity index (χ3v) is 5.43. The third-order valence-electron chi connectivity index (χ3n) is 5.43. The van der Waals surface area contributed by atoms with Crippen LogP contribution in [0.2, 0.25) is 0 Å². The van der Waals surface area contributed by atoms with Crippen LogP contribution in [-0.2, 0) is 9.53 Å². The molecule has 4 nitrogen and oxygen atoms in total. The highest BCUT2D eigenvalue weighted by Gasteiger charge is 2.46. The van der Waals surface area contributed by atoms with Gasteiger partial charge in [0.25, 0.3) is 0 Å². The van der Waals surface area contributed by atoms with E-state index >= 15 is 0 Å². The van der Waals surface area contributed by atoms with Gasteiger partial charge in [-0.25, -0.2) is 0 Å². The standard InChI is InChI=1S/C17H32N2O2/c1-3-21-16(20)17(18)11-6-9-15(17)10-12-19(2)13-14-7-4-5-8-14/h14-15H,3-13,18H2,1-2H3. The zero-order valence-corrected chi connectivity index (χ0v) is 13.8. The summed E-state index contributed by atoms with van der Waals surface area (Å²) in [7, 11) is 2.20. The Morgan fingerprint density at radius 3 is 2.67 bits per heavy atom. The summed E-state index contributed by atoms with van der Waals surface area (Å²) >= 11 is 0. The van der Waals surface area contributed by atoms with Gasteiger partial charge >= 0.3 is 5.97 Å². The summed E-state index contributed by atoms with van der Waals surface area (Å²) in [6.07, 6.45) is 9.47. The molecule has 2 fully saturated rings.